The number of aromatic nitrogens is 1. The molecule has 0 radical (unpaired) electrons. The summed E-state index contributed by atoms with van der Waals surface area (Å²) in [4.78, 5) is 0. The summed E-state index contributed by atoms with van der Waals surface area (Å²) < 4.78 is 7.82. The third-order valence-corrected chi connectivity index (χ3v) is 3.75. The molecule has 3 heteroatoms. The second-order valence-corrected chi connectivity index (χ2v) is 4.74. The number of benzene rings is 1. The maximum atomic E-state index is 5.37. The van der Waals surface area contributed by atoms with Crippen LogP contribution in [0.15, 0.2) is 12.1 Å². The Hall–Kier alpha value is -1.48. The number of ether oxygens (including phenoxy) is 1. The number of rotatable bonds is 1. The predicted molar refractivity (Wildman–Crippen MR) is 69.7 cm³/mol. The molecule has 1 aliphatic rings. The van der Waals surface area contributed by atoms with Crippen molar-refractivity contribution in [2.75, 3.05) is 13.7 Å². The first-order valence-corrected chi connectivity index (χ1v) is 6.09. The molecule has 3 rings (SSSR count). The first-order chi connectivity index (χ1) is 8.22. The third kappa shape index (κ3) is 1.46. The first kappa shape index (κ1) is 10.7. The number of fused-ring (bicyclic) bond motifs is 3. The number of aryl methyl sites for hydroxylation is 2. The minimum absolute atomic E-state index is 0.953. The zero-order valence-corrected chi connectivity index (χ0v) is 10.6. The summed E-state index contributed by atoms with van der Waals surface area (Å²) in [5.74, 6) is 0.953. The second kappa shape index (κ2) is 3.77. The maximum absolute atomic E-state index is 5.37. The fraction of sp³-hybridized carbons (Fsp3) is 0.429. The Bertz CT molecular complexity index is 584. The van der Waals surface area contributed by atoms with Crippen LogP contribution in [-0.4, -0.2) is 18.2 Å². The number of nitrogens with one attached hydrogen (secondary N) is 1. The van der Waals surface area contributed by atoms with Gasteiger partial charge in [-0.05, 0) is 37.1 Å². The Labute approximate surface area is 101 Å². The zero-order valence-electron chi connectivity index (χ0n) is 10.6. The molecule has 3 nitrogen and oxygen atoms in total. The van der Waals surface area contributed by atoms with Crippen molar-refractivity contribution in [1.82, 2.24) is 9.88 Å². The summed E-state index contributed by atoms with van der Waals surface area (Å²) in [6.07, 6.45) is 0. The lowest BCUT2D eigenvalue weighted by atomic mass is 10.1. The zero-order chi connectivity index (χ0) is 12.0. The monoisotopic (exact) mass is 230 g/mol. The molecule has 2 aromatic rings. The van der Waals surface area contributed by atoms with Gasteiger partial charge in [0.2, 0.25) is 0 Å². The van der Waals surface area contributed by atoms with Crippen molar-refractivity contribution in [1.29, 1.82) is 0 Å². The summed E-state index contributed by atoms with van der Waals surface area (Å²) in [5, 5.41) is 4.77. The van der Waals surface area contributed by atoms with Gasteiger partial charge in [0.25, 0.3) is 0 Å². The molecular weight excluding hydrogens is 212 g/mol. The summed E-state index contributed by atoms with van der Waals surface area (Å²) in [5.41, 5.74) is 5.48. The highest BCUT2D eigenvalue weighted by atomic mass is 16.5. The smallest absolute Gasteiger partial charge is 0.119 e. The van der Waals surface area contributed by atoms with Gasteiger partial charge in [-0.1, -0.05) is 0 Å². The summed E-state index contributed by atoms with van der Waals surface area (Å²) in [6, 6.07) is 4.28. The Morgan fingerprint density at radius 2 is 2.12 bits per heavy atom. The molecule has 0 aliphatic carbocycles. The maximum Gasteiger partial charge on any atom is 0.119 e. The largest absolute Gasteiger partial charge is 0.497 e. The van der Waals surface area contributed by atoms with Crippen molar-refractivity contribution >= 4 is 10.9 Å². The van der Waals surface area contributed by atoms with Crippen molar-refractivity contribution in [2.45, 2.75) is 26.9 Å². The van der Waals surface area contributed by atoms with Crippen LogP contribution in [0.2, 0.25) is 0 Å². The average Bonchev–Trinajstić information content (AvgIpc) is 2.64. The fourth-order valence-electron chi connectivity index (χ4n) is 2.87. The molecule has 90 valence electrons. The molecule has 1 N–H and O–H groups in total. The summed E-state index contributed by atoms with van der Waals surface area (Å²) in [7, 11) is 1.73. The lowest BCUT2D eigenvalue weighted by molar-refractivity contribution is 0.415. The number of hydrogen-bond donors (Lipinski definition) is 1. The molecule has 0 bridgehead atoms. The molecule has 1 aromatic heterocycles. The molecule has 0 spiro atoms. The van der Waals surface area contributed by atoms with Crippen LogP contribution in [0.4, 0.5) is 0 Å². The van der Waals surface area contributed by atoms with Gasteiger partial charge in [-0.3, -0.25) is 0 Å². The van der Waals surface area contributed by atoms with E-state index in [1.807, 2.05) is 0 Å². The van der Waals surface area contributed by atoms with Gasteiger partial charge in [-0.2, -0.15) is 0 Å². The van der Waals surface area contributed by atoms with E-state index in [0.717, 1.165) is 25.4 Å². The van der Waals surface area contributed by atoms with Gasteiger partial charge in [0, 0.05) is 30.7 Å². The van der Waals surface area contributed by atoms with Crippen molar-refractivity contribution < 1.29 is 4.74 Å². The lowest BCUT2D eigenvalue weighted by Crippen LogP contribution is -2.28. The molecule has 0 saturated heterocycles. The highest BCUT2D eigenvalue weighted by Gasteiger charge is 2.18. The molecular formula is C14H18N2O. The quantitative estimate of drug-likeness (QED) is 0.814. The Morgan fingerprint density at radius 3 is 2.88 bits per heavy atom. The summed E-state index contributed by atoms with van der Waals surface area (Å²) in [6.45, 7) is 7.47. The van der Waals surface area contributed by atoms with Gasteiger partial charge in [-0.25, -0.2) is 0 Å². The van der Waals surface area contributed by atoms with Crippen LogP contribution in [0.25, 0.3) is 10.9 Å². The molecule has 0 unspecified atom stereocenters. The Morgan fingerprint density at radius 1 is 1.29 bits per heavy atom. The van der Waals surface area contributed by atoms with E-state index in [-0.39, 0.29) is 0 Å². The molecule has 0 amide bonds. The highest BCUT2D eigenvalue weighted by Crippen LogP contribution is 2.32. The predicted octanol–water partition coefficient (Wildman–Crippen LogP) is 2.37. The Kier molecular flexibility index (Phi) is 2.37. The third-order valence-electron chi connectivity index (χ3n) is 3.75. The number of nitrogens with zero attached hydrogens (tertiary/aromatic N) is 1. The van der Waals surface area contributed by atoms with E-state index in [1.54, 1.807) is 7.11 Å². The minimum atomic E-state index is 0.953. The molecule has 0 saturated carbocycles. The highest BCUT2D eigenvalue weighted by molar-refractivity contribution is 5.89. The standard InChI is InChI=1S/C14H18N2O/c1-9-6-11(17-3)7-12-10(2)13-8-15-4-5-16(13)14(9)12/h6-7,15H,4-5,8H2,1-3H3. The molecule has 0 fully saturated rings. The van der Waals surface area contributed by atoms with E-state index in [9.17, 15) is 0 Å². The van der Waals surface area contributed by atoms with Crippen LogP contribution in [0.1, 0.15) is 16.8 Å². The van der Waals surface area contributed by atoms with E-state index in [2.05, 4.69) is 35.9 Å². The number of hydrogen-bond acceptors (Lipinski definition) is 2. The van der Waals surface area contributed by atoms with Gasteiger partial charge in [0.15, 0.2) is 0 Å². The minimum Gasteiger partial charge on any atom is -0.497 e. The van der Waals surface area contributed by atoms with Crippen molar-refractivity contribution in [3.63, 3.8) is 0 Å². The molecule has 17 heavy (non-hydrogen) atoms. The average molecular weight is 230 g/mol. The topological polar surface area (TPSA) is 26.2 Å². The normalized spacial score (nSPS) is 15.0. The van der Waals surface area contributed by atoms with Gasteiger partial charge in [0.1, 0.15) is 5.75 Å². The Balaban J connectivity index is 2.38. The van der Waals surface area contributed by atoms with E-state index >= 15 is 0 Å². The molecule has 2 heterocycles. The van der Waals surface area contributed by atoms with Crippen LogP contribution in [0.5, 0.6) is 5.75 Å². The van der Waals surface area contributed by atoms with Crippen LogP contribution >= 0.6 is 0 Å². The van der Waals surface area contributed by atoms with Crippen LogP contribution < -0.4 is 10.1 Å². The SMILES string of the molecule is COc1cc(C)c2c(c1)c(C)c1n2CCNC1. The molecule has 0 atom stereocenters. The second-order valence-electron chi connectivity index (χ2n) is 4.74. The fourth-order valence-corrected chi connectivity index (χ4v) is 2.87. The van der Waals surface area contributed by atoms with Crippen molar-refractivity contribution in [2.24, 2.45) is 0 Å². The summed E-state index contributed by atoms with van der Waals surface area (Å²) >= 11 is 0. The first-order valence-electron chi connectivity index (χ1n) is 6.09. The lowest BCUT2D eigenvalue weighted by Gasteiger charge is -2.18. The van der Waals surface area contributed by atoms with Gasteiger partial charge < -0.3 is 14.6 Å². The van der Waals surface area contributed by atoms with Gasteiger partial charge in [-0.15, -0.1) is 0 Å². The van der Waals surface area contributed by atoms with Gasteiger partial charge in [0.05, 0.1) is 12.6 Å². The molecule has 1 aromatic carbocycles. The number of methoxy groups -OCH3 is 1. The van der Waals surface area contributed by atoms with Gasteiger partial charge >= 0.3 is 0 Å². The van der Waals surface area contributed by atoms with E-state index in [4.69, 9.17) is 4.74 Å². The van der Waals surface area contributed by atoms with Crippen molar-refractivity contribution in [3.8, 4) is 5.75 Å². The van der Waals surface area contributed by atoms with Crippen LogP contribution in [0, 0.1) is 13.8 Å². The van der Waals surface area contributed by atoms with E-state index < -0.39 is 0 Å². The van der Waals surface area contributed by atoms with Crippen molar-refractivity contribution in [3.05, 3.63) is 29.0 Å². The molecule has 1 aliphatic heterocycles. The van der Waals surface area contributed by atoms with E-state index in [1.165, 1.54) is 27.7 Å². The van der Waals surface area contributed by atoms with E-state index in [0.29, 0.717) is 0 Å². The van der Waals surface area contributed by atoms with Crippen LogP contribution in [-0.2, 0) is 13.1 Å². The van der Waals surface area contributed by atoms with Crippen LogP contribution in [0.3, 0.4) is 0 Å².